The molecule has 0 saturated heterocycles. The molecule has 15 heavy (non-hydrogen) atoms. The average Bonchev–Trinajstić information content (AvgIpc) is 2.25. The molecule has 0 aliphatic heterocycles. The predicted octanol–water partition coefficient (Wildman–Crippen LogP) is 3.45. The van der Waals surface area contributed by atoms with Crippen LogP contribution in [0.5, 0.6) is 0 Å². The fraction of sp³-hybridized carbons (Fsp3) is 0.417. The highest BCUT2D eigenvalue weighted by atomic mass is 79.9. The standard InChI is InChI=1S/C12H15BrO2/c1-2-3-8-15-9-12(14)10-4-6-11(13)7-5-10/h4-7H,2-3,8-9H2,1H3. The lowest BCUT2D eigenvalue weighted by Gasteiger charge is -2.02. The Labute approximate surface area is 98.8 Å². The third-order valence-electron chi connectivity index (χ3n) is 2.04. The number of benzene rings is 1. The highest BCUT2D eigenvalue weighted by molar-refractivity contribution is 9.10. The second-order valence-electron chi connectivity index (χ2n) is 3.34. The molecule has 0 heterocycles. The van der Waals surface area contributed by atoms with Gasteiger partial charge in [-0.1, -0.05) is 41.4 Å². The molecule has 3 heteroatoms. The molecule has 0 saturated carbocycles. The molecule has 0 amide bonds. The van der Waals surface area contributed by atoms with Gasteiger partial charge in [0.2, 0.25) is 0 Å². The summed E-state index contributed by atoms with van der Waals surface area (Å²) in [5.41, 5.74) is 0.703. The lowest BCUT2D eigenvalue weighted by Crippen LogP contribution is -2.09. The summed E-state index contributed by atoms with van der Waals surface area (Å²) >= 11 is 3.33. The number of carbonyl (C=O) groups is 1. The zero-order valence-corrected chi connectivity index (χ0v) is 10.4. The monoisotopic (exact) mass is 270 g/mol. The van der Waals surface area contributed by atoms with Gasteiger partial charge in [0.25, 0.3) is 0 Å². The van der Waals surface area contributed by atoms with Crippen molar-refractivity contribution >= 4 is 21.7 Å². The fourth-order valence-electron chi connectivity index (χ4n) is 1.13. The number of ether oxygens (including phenoxy) is 1. The van der Waals surface area contributed by atoms with Gasteiger partial charge in [-0.25, -0.2) is 0 Å². The third-order valence-corrected chi connectivity index (χ3v) is 2.57. The first-order chi connectivity index (χ1) is 7.24. The number of hydrogen-bond donors (Lipinski definition) is 0. The second kappa shape index (κ2) is 6.75. The number of hydrogen-bond acceptors (Lipinski definition) is 2. The van der Waals surface area contributed by atoms with E-state index in [1.807, 2.05) is 12.1 Å². The van der Waals surface area contributed by atoms with Crippen molar-refractivity contribution in [3.05, 3.63) is 34.3 Å². The van der Waals surface area contributed by atoms with E-state index < -0.39 is 0 Å². The van der Waals surface area contributed by atoms with Gasteiger partial charge >= 0.3 is 0 Å². The molecule has 0 aliphatic carbocycles. The first-order valence-corrected chi connectivity index (χ1v) is 5.90. The van der Waals surface area contributed by atoms with Crippen LogP contribution in [-0.4, -0.2) is 19.0 Å². The maximum atomic E-state index is 11.6. The molecule has 0 radical (unpaired) electrons. The van der Waals surface area contributed by atoms with Crippen molar-refractivity contribution in [2.45, 2.75) is 19.8 Å². The van der Waals surface area contributed by atoms with Crippen LogP contribution in [-0.2, 0) is 4.74 Å². The Morgan fingerprint density at radius 2 is 2.00 bits per heavy atom. The van der Waals surface area contributed by atoms with E-state index in [1.54, 1.807) is 12.1 Å². The Morgan fingerprint density at radius 1 is 1.33 bits per heavy atom. The van der Waals surface area contributed by atoms with Gasteiger partial charge in [-0.2, -0.15) is 0 Å². The minimum absolute atomic E-state index is 0.0404. The summed E-state index contributed by atoms with van der Waals surface area (Å²) in [6, 6.07) is 7.32. The molecule has 0 atom stereocenters. The van der Waals surface area contributed by atoms with Crippen molar-refractivity contribution in [3.8, 4) is 0 Å². The number of unbranched alkanes of at least 4 members (excludes halogenated alkanes) is 1. The molecule has 1 aromatic carbocycles. The number of ketones is 1. The maximum Gasteiger partial charge on any atom is 0.188 e. The van der Waals surface area contributed by atoms with E-state index in [0.29, 0.717) is 12.2 Å². The van der Waals surface area contributed by atoms with E-state index in [1.165, 1.54) is 0 Å². The largest absolute Gasteiger partial charge is 0.373 e. The minimum atomic E-state index is 0.0404. The van der Waals surface area contributed by atoms with Crippen LogP contribution in [0.1, 0.15) is 30.1 Å². The summed E-state index contributed by atoms with van der Waals surface area (Å²) in [6.45, 7) is 2.94. The van der Waals surface area contributed by atoms with E-state index in [0.717, 1.165) is 17.3 Å². The average molecular weight is 271 g/mol. The van der Waals surface area contributed by atoms with Gasteiger partial charge in [0, 0.05) is 16.6 Å². The smallest absolute Gasteiger partial charge is 0.188 e. The zero-order chi connectivity index (χ0) is 11.1. The molecule has 0 bridgehead atoms. The number of Topliss-reactive ketones (excluding diaryl/α,β-unsaturated/α-hetero) is 1. The van der Waals surface area contributed by atoms with Gasteiger partial charge in [0.15, 0.2) is 5.78 Å². The third kappa shape index (κ3) is 4.58. The highest BCUT2D eigenvalue weighted by Crippen LogP contribution is 2.11. The van der Waals surface area contributed by atoms with Crippen LogP contribution in [0.3, 0.4) is 0 Å². The minimum Gasteiger partial charge on any atom is -0.373 e. The van der Waals surface area contributed by atoms with Gasteiger partial charge in [-0.15, -0.1) is 0 Å². The molecule has 82 valence electrons. The fourth-order valence-corrected chi connectivity index (χ4v) is 1.39. The number of halogens is 1. The quantitative estimate of drug-likeness (QED) is 0.585. The van der Waals surface area contributed by atoms with Crippen molar-refractivity contribution in [1.29, 1.82) is 0 Å². The molecule has 1 aromatic rings. The first kappa shape index (κ1) is 12.4. The number of carbonyl (C=O) groups excluding carboxylic acids is 1. The van der Waals surface area contributed by atoms with Gasteiger partial charge in [0.1, 0.15) is 6.61 Å². The topological polar surface area (TPSA) is 26.3 Å². The molecular formula is C12H15BrO2. The second-order valence-corrected chi connectivity index (χ2v) is 4.25. The summed E-state index contributed by atoms with van der Waals surface area (Å²) < 4.78 is 6.24. The SMILES string of the molecule is CCCCOCC(=O)c1ccc(Br)cc1. The molecule has 0 aliphatic rings. The Balaban J connectivity index is 2.37. The van der Waals surface area contributed by atoms with Crippen LogP contribution in [0.4, 0.5) is 0 Å². The van der Waals surface area contributed by atoms with Gasteiger partial charge in [0.05, 0.1) is 0 Å². The Hall–Kier alpha value is -0.670. The molecule has 0 N–H and O–H groups in total. The van der Waals surface area contributed by atoms with Crippen molar-refractivity contribution < 1.29 is 9.53 Å². The molecule has 0 fully saturated rings. The summed E-state index contributed by atoms with van der Waals surface area (Å²) in [4.78, 5) is 11.6. The molecule has 0 aromatic heterocycles. The van der Waals surface area contributed by atoms with Crippen LogP contribution in [0, 0.1) is 0 Å². The predicted molar refractivity (Wildman–Crippen MR) is 64.2 cm³/mol. The zero-order valence-electron chi connectivity index (χ0n) is 8.83. The molecule has 2 nitrogen and oxygen atoms in total. The van der Waals surface area contributed by atoms with E-state index in [2.05, 4.69) is 22.9 Å². The first-order valence-electron chi connectivity index (χ1n) is 5.10. The lowest BCUT2D eigenvalue weighted by atomic mass is 10.1. The van der Waals surface area contributed by atoms with Crippen molar-refractivity contribution in [1.82, 2.24) is 0 Å². The van der Waals surface area contributed by atoms with E-state index in [-0.39, 0.29) is 12.4 Å². The summed E-state index contributed by atoms with van der Waals surface area (Å²) in [5.74, 6) is 0.0404. The Kier molecular flexibility index (Phi) is 5.58. The summed E-state index contributed by atoms with van der Waals surface area (Å²) in [7, 11) is 0. The van der Waals surface area contributed by atoms with Gasteiger partial charge < -0.3 is 4.74 Å². The van der Waals surface area contributed by atoms with Crippen LogP contribution in [0.25, 0.3) is 0 Å². The number of rotatable bonds is 6. The van der Waals surface area contributed by atoms with Crippen molar-refractivity contribution in [2.24, 2.45) is 0 Å². The van der Waals surface area contributed by atoms with Gasteiger partial charge in [-0.3, -0.25) is 4.79 Å². The molecular weight excluding hydrogens is 256 g/mol. The normalized spacial score (nSPS) is 10.3. The molecule has 0 spiro atoms. The summed E-state index contributed by atoms with van der Waals surface area (Å²) in [5, 5.41) is 0. The van der Waals surface area contributed by atoms with Gasteiger partial charge in [-0.05, 0) is 18.6 Å². The van der Waals surface area contributed by atoms with Crippen LogP contribution >= 0.6 is 15.9 Å². The Morgan fingerprint density at radius 3 is 2.60 bits per heavy atom. The van der Waals surface area contributed by atoms with Crippen molar-refractivity contribution in [2.75, 3.05) is 13.2 Å². The Bertz CT molecular complexity index is 306. The highest BCUT2D eigenvalue weighted by Gasteiger charge is 2.04. The lowest BCUT2D eigenvalue weighted by molar-refractivity contribution is 0.0754. The van der Waals surface area contributed by atoms with Crippen LogP contribution in [0.15, 0.2) is 28.7 Å². The summed E-state index contributed by atoms with van der Waals surface area (Å²) in [6.07, 6.45) is 2.10. The molecule has 1 rings (SSSR count). The van der Waals surface area contributed by atoms with E-state index in [4.69, 9.17) is 4.74 Å². The van der Waals surface area contributed by atoms with Crippen LogP contribution < -0.4 is 0 Å². The molecule has 0 unspecified atom stereocenters. The maximum absolute atomic E-state index is 11.6. The van der Waals surface area contributed by atoms with E-state index in [9.17, 15) is 4.79 Å². The van der Waals surface area contributed by atoms with E-state index >= 15 is 0 Å². The van der Waals surface area contributed by atoms with Crippen LogP contribution in [0.2, 0.25) is 0 Å². The van der Waals surface area contributed by atoms with Crippen molar-refractivity contribution in [3.63, 3.8) is 0 Å².